The third-order valence-corrected chi connectivity index (χ3v) is 14.1. The molecule has 0 aromatic rings. The van der Waals surface area contributed by atoms with Gasteiger partial charge in [-0.2, -0.15) is 0 Å². The van der Waals surface area contributed by atoms with Crippen molar-refractivity contribution in [3.05, 3.63) is 48.6 Å². The maximum absolute atomic E-state index is 12.9. The second kappa shape index (κ2) is 60.9. The fraction of sp³-hybridized carbons (Fsp3) is 0.833. The van der Waals surface area contributed by atoms with Gasteiger partial charge in [0, 0.05) is 19.3 Å². The average Bonchev–Trinajstić information content (AvgIpc) is 3.38. The highest BCUT2D eigenvalue weighted by Crippen LogP contribution is 2.18. The first-order chi connectivity index (χ1) is 35.5. The van der Waals surface area contributed by atoms with Gasteiger partial charge in [0.05, 0.1) is 0 Å². The van der Waals surface area contributed by atoms with E-state index in [2.05, 4.69) is 69.4 Å². The molecule has 0 aliphatic heterocycles. The molecule has 420 valence electrons. The van der Waals surface area contributed by atoms with Gasteiger partial charge < -0.3 is 14.2 Å². The Labute approximate surface area is 448 Å². The van der Waals surface area contributed by atoms with Crippen molar-refractivity contribution in [2.24, 2.45) is 0 Å². The number of allylic oxidation sites excluding steroid dienone is 8. The van der Waals surface area contributed by atoms with Crippen molar-refractivity contribution in [2.75, 3.05) is 13.2 Å². The highest BCUT2D eigenvalue weighted by Gasteiger charge is 2.19. The lowest BCUT2D eigenvalue weighted by Gasteiger charge is -2.18. The lowest BCUT2D eigenvalue weighted by Crippen LogP contribution is -2.30. The Bertz CT molecular complexity index is 1250. The van der Waals surface area contributed by atoms with E-state index in [1.54, 1.807) is 0 Å². The number of hydrogen-bond acceptors (Lipinski definition) is 6. The van der Waals surface area contributed by atoms with Gasteiger partial charge in [0.15, 0.2) is 6.10 Å². The lowest BCUT2D eigenvalue weighted by molar-refractivity contribution is -0.167. The van der Waals surface area contributed by atoms with Gasteiger partial charge >= 0.3 is 17.9 Å². The summed E-state index contributed by atoms with van der Waals surface area (Å²) >= 11 is 0. The largest absolute Gasteiger partial charge is 0.462 e. The molecule has 72 heavy (non-hydrogen) atoms. The van der Waals surface area contributed by atoms with Crippen LogP contribution >= 0.6 is 0 Å². The Balaban J connectivity index is 4.34. The second-order valence-electron chi connectivity index (χ2n) is 21.3. The summed E-state index contributed by atoms with van der Waals surface area (Å²) in [5.74, 6) is -0.865. The van der Waals surface area contributed by atoms with Crippen LogP contribution in [0.4, 0.5) is 0 Å². The van der Waals surface area contributed by atoms with E-state index < -0.39 is 6.10 Å². The Morgan fingerprint density at radius 2 is 0.542 bits per heavy atom. The molecule has 0 saturated heterocycles. The number of rotatable bonds is 58. The molecule has 0 aromatic heterocycles. The van der Waals surface area contributed by atoms with E-state index in [0.29, 0.717) is 19.3 Å². The molecule has 1 unspecified atom stereocenters. The Kier molecular flexibility index (Phi) is 58.7. The van der Waals surface area contributed by atoms with E-state index in [-0.39, 0.29) is 31.1 Å². The van der Waals surface area contributed by atoms with Crippen molar-refractivity contribution in [3.8, 4) is 0 Å². The minimum absolute atomic E-state index is 0.0741. The predicted octanol–water partition coefficient (Wildman–Crippen LogP) is 21.4. The van der Waals surface area contributed by atoms with Crippen molar-refractivity contribution in [3.63, 3.8) is 0 Å². The lowest BCUT2D eigenvalue weighted by atomic mass is 10.0. The molecule has 6 heteroatoms. The molecule has 0 radical (unpaired) electrons. The zero-order chi connectivity index (χ0) is 52.2. The maximum atomic E-state index is 12.9. The van der Waals surface area contributed by atoms with E-state index in [9.17, 15) is 14.4 Å². The summed E-state index contributed by atoms with van der Waals surface area (Å²) < 4.78 is 16.9. The molecule has 0 aliphatic rings. The number of ether oxygens (including phenoxy) is 3. The van der Waals surface area contributed by atoms with Crippen LogP contribution in [-0.4, -0.2) is 37.2 Å². The molecule has 0 aliphatic carbocycles. The zero-order valence-electron chi connectivity index (χ0n) is 48.2. The van der Waals surface area contributed by atoms with Crippen molar-refractivity contribution in [2.45, 2.75) is 341 Å². The molecule has 0 bridgehead atoms. The first-order valence-corrected chi connectivity index (χ1v) is 31.6. The topological polar surface area (TPSA) is 78.9 Å². The number of esters is 3. The Hall–Kier alpha value is -2.63. The van der Waals surface area contributed by atoms with Crippen LogP contribution in [-0.2, 0) is 28.6 Å². The first kappa shape index (κ1) is 69.4. The van der Waals surface area contributed by atoms with Crippen LogP contribution in [0.1, 0.15) is 335 Å². The van der Waals surface area contributed by atoms with Crippen LogP contribution in [0.2, 0.25) is 0 Å². The van der Waals surface area contributed by atoms with Crippen molar-refractivity contribution >= 4 is 17.9 Å². The monoisotopic (exact) mass is 1010 g/mol. The van der Waals surface area contributed by atoms with Crippen molar-refractivity contribution in [1.29, 1.82) is 0 Å². The van der Waals surface area contributed by atoms with E-state index in [1.807, 2.05) is 0 Å². The first-order valence-electron chi connectivity index (χ1n) is 31.6. The van der Waals surface area contributed by atoms with Gasteiger partial charge in [-0.3, -0.25) is 14.4 Å². The molecule has 1 atom stereocenters. The van der Waals surface area contributed by atoms with E-state index in [1.165, 1.54) is 199 Å². The molecule has 0 spiro atoms. The molecule has 0 N–H and O–H groups in total. The van der Waals surface area contributed by atoms with Gasteiger partial charge in [-0.15, -0.1) is 0 Å². The standard InChI is InChI=1S/C66H120O6/c1-4-7-10-13-16-19-22-25-28-30-32-34-35-38-41-44-47-50-53-56-59-65(68)71-62-63(61-70-64(67)58-55-52-49-46-43-40-37-27-24-21-18-15-12-9-6-3)72-66(69)60-57-54-51-48-45-42-39-36-33-31-29-26-23-20-17-14-11-8-5-2/h8,11,17,20,26,29,33,36,63H,4-7,9-10,12-16,18-19,21-25,27-28,30-32,34-35,37-62H2,1-3H3/b11-8-,20-17-,29-26-,36-33-. The highest BCUT2D eigenvalue weighted by atomic mass is 16.6. The maximum Gasteiger partial charge on any atom is 0.306 e. The fourth-order valence-corrected chi connectivity index (χ4v) is 9.38. The summed E-state index contributed by atoms with van der Waals surface area (Å²) in [6, 6.07) is 0. The SMILES string of the molecule is CC/C=C\C/C=C\C/C=C\C/C=C\CCCCCCCCC(=O)OC(COC(=O)CCCCCCCCCCCCCCCCC)COC(=O)CCCCCCCCCCCCCCCCCCCCCC. The molecule has 0 rings (SSSR count). The predicted molar refractivity (Wildman–Crippen MR) is 312 cm³/mol. The summed E-state index contributed by atoms with van der Waals surface area (Å²) in [7, 11) is 0. The summed E-state index contributed by atoms with van der Waals surface area (Å²) in [6.07, 6.45) is 75.4. The number of carbonyl (C=O) groups is 3. The molecule has 6 nitrogen and oxygen atoms in total. The van der Waals surface area contributed by atoms with Crippen LogP contribution in [0.25, 0.3) is 0 Å². The van der Waals surface area contributed by atoms with Crippen molar-refractivity contribution < 1.29 is 28.6 Å². The summed E-state index contributed by atoms with van der Waals surface area (Å²) in [4.78, 5) is 38.3. The molecule has 0 amide bonds. The normalized spacial score (nSPS) is 12.3. The quantitative estimate of drug-likeness (QED) is 0.0261. The molecule has 0 fully saturated rings. The molecule has 0 aromatic carbocycles. The number of unbranched alkanes of at least 4 members (excludes halogenated alkanes) is 39. The minimum atomic E-state index is -0.778. The van der Waals surface area contributed by atoms with Crippen LogP contribution in [0.15, 0.2) is 48.6 Å². The van der Waals surface area contributed by atoms with Crippen LogP contribution in [0.3, 0.4) is 0 Å². The summed E-state index contributed by atoms with van der Waals surface area (Å²) in [6.45, 7) is 6.58. The fourth-order valence-electron chi connectivity index (χ4n) is 9.38. The van der Waals surface area contributed by atoms with Gasteiger partial charge in [0.1, 0.15) is 13.2 Å². The molecular formula is C66H120O6. The van der Waals surface area contributed by atoms with Gasteiger partial charge in [-0.25, -0.2) is 0 Å². The van der Waals surface area contributed by atoms with Gasteiger partial charge in [0.2, 0.25) is 0 Å². The smallest absolute Gasteiger partial charge is 0.306 e. The van der Waals surface area contributed by atoms with E-state index >= 15 is 0 Å². The minimum Gasteiger partial charge on any atom is -0.462 e. The number of carbonyl (C=O) groups excluding carboxylic acids is 3. The summed E-state index contributed by atoms with van der Waals surface area (Å²) in [5, 5.41) is 0. The third-order valence-electron chi connectivity index (χ3n) is 14.1. The van der Waals surface area contributed by atoms with Crippen molar-refractivity contribution in [1.82, 2.24) is 0 Å². The third kappa shape index (κ3) is 58.3. The molecule has 0 saturated carbocycles. The van der Waals surface area contributed by atoms with E-state index in [4.69, 9.17) is 14.2 Å². The van der Waals surface area contributed by atoms with E-state index in [0.717, 1.165) is 96.3 Å². The van der Waals surface area contributed by atoms with Crippen LogP contribution in [0, 0.1) is 0 Å². The highest BCUT2D eigenvalue weighted by molar-refractivity contribution is 5.71. The average molecular weight is 1010 g/mol. The Morgan fingerprint density at radius 3 is 0.847 bits per heavy atom. The van der Waals surface area contributed by atoms with Gasteiger partial charge in [0.25, 0.3) is 0 Å². The Morgan fingerprint density at radius 1 is 0.292 bits per heavy atom. The summed E-state index contributed by atoms with van der Waals surface area (Å²) in [5.41, 5.74) is 0. The molecular weight excluding hydrogens is 889 g/mol. The van der Waals surface area contributed by atoms with Crippen LogP contribution in [0.5, 0.6) is 0 Å². The molecule has 0 heterocycles. The van der Waals surface area contributed by atoms with Gasteiger partial charge in [-0.1, -0.05) is 307 Å². The number of hydrogen-bond donors (Lipinski definition) is 0. The zero-order valence-corrected chi connectivity index (χ0v) is 48.2. The second-order valence-corrected chi connectivity index (χ2v) is 21.3. The van der Waals surface area contributed by atoms with Crippen LogP contribution < -0.4 is 0 Å². The van der Waals surface area contributed by atoms with Gasteiger partial charge in [-0.05, 0) is 57.8 Å².